The van der Waals surface area contributed by atoms with E-state index in [1.54, 1.807) is 0 Å². The Morgan fingerprint density at radius 1 is 0.303 bits per heavy atom. The third-order valence-electron chi connectivity index (χ3n) is 13.5. The molecule has 0 aromatic carbocycles. The van der Waals surface area contributed by atoms with Crippen molar-refractivity contribution in [1.82, 2.24) is 21.3 Å². The second-order valence-corrected chi connectivity index (χ2v) is 19.9. The predicted molar refractivity (Wildman–Crippen MR) is 278 cm³/mol. The fraction of sp³-hybridized carbons (Fsp3) is 0.911. The molecule has 0 aromatic heterocycles. The number of nitrogens with one attached hydrogen (secondary N) is 4. The molecule has 0 aromatic rings. The molecule has 0 rings (SSSR count). The van der Waals surface area contributed by atoms with Gasteiger partial charge < -0.3 is 26.4 Å². The second kappa shape index (κ2) is 48.8. The summed E-state index contributed by atoms with van der Waals surface area (Å²) in [4.78, 5) is 64.5. The van der Waals surface area contributed by atoms with Gasteiger partial charge in [-0.1, -0.05) is 220 Å². The van der Waals surface area contributed by atoms with E-state index >= 15 is 0 Å². The lowest BCUT2D eigenvalue weighted by Gasteiger charge is -2.35. The zero-order chi connectivity index (χ0) is 48.4. The zero-order valence-corrected chi connectivity index (χ0v) is 43.7. The second-order valence-electron chi connectivity index (χ2n) is 19.9. The van der Waals surface area contributed by atoms with Crippen molar-refractivity contribution in [2.24, 2.45) is 0 Å². The van der Waals surface area contributed by atoms with Gasteiger partial charge in [0.25, 0.3) is 0 Å². The minimum absolute atomic E-state index is 0.0525. The van der Waals surface area contributed by atoms with Crippen molar-refractivity contribution in [1.29, 1.82) is 0 Å². The third kappa shape index (κ3) is 45.1. The van der Waals surface area contributed by atoms with E-state index in [1.165, 1.54) is 154 Å². The molecule has 4 amide bonds. The summed E-state index contributed by atoms with van der Waals surface area (Å²) in [6.45, 7) is 8.64. The van der Waals surface area contributed by atoms with Gasteiger partial charge in [0.1, 0.15) is 0 Å². The smallest absolute Gasteiger partial charge is 0.303 e. The molecule has 0 unspecified atom stereocenters. The van der Waals surface area contributed by atoms with Crippen LogP contribution in [-0.4, -0.2) is 59.9 Å². The van der Waals surface area contributed by atoms with Gasteiger partial charge in [0.05, 0.1) is 0 Å². The van der Waals surface area contributed by atoms with Crippen molar-refractivity contribution in [2.75, 3.05) is 19.6 Å². The highest BCUT2D eigenvalue weighted by atomic mass is 16.4. The highest BCUT2D eigenvalue weighted by Gasteiger charge is 2.33. The minimum atomic E-state index is -0.870. The Labute approximate surface area is 407 Å². The highest BCUT2D eigenvalue weighted by molar-refractivity contribution is 5.80. The van der Waals surface area contributed by atoms with E-state index in [2.05, 4.69) is 42.0 Å². The fourth-order valence-electron chi connectivity index (χ4n) is 9.03. The topological polar surface area (TPSA) is 154 Å². The Balaban J connectivity index is 5.44. The largest absolute Gasteiger partial charge is 0.481 e. The van der Waals surface area contributed by atoms with Gasteiger partial charge in [0, 0.05) is 57.3 Å². The molecule has 0 saturated carbocycles. The third-order valence-corrected chi connectivity index (χ3v) is 13.5. The van der Waals surface area contributed by atoms with Crippen LogP contribution in [0.2, 0.25) is 0 Å². The van der Waals surface area contributed by atoms with Crippen LogP contribution in [0.25, 0.3) is 0 Å². The Morgan fingerprint density at radius 2 is 0.545 bits per heavy atom. The molecule has 66 heavy (non-hydrogen) atoms. The first-order chi connectivity index (χ1) is 32.2. The first kappa shape index (κ1) is 63.4. The molecule has 10 nitrogen and oxygen atoms in total. The number of carbonyl (C=O) groups excluding carboxylic acids is 4. The van der Waals surface area contributed by atoms with Crippen LogP contribution >= 0.6 is 0 Å². The summed E-state index contributed by atoms with van der Waals surface area (Å²) >= 11 is 0. The van der Waals surface area contributed by atoms with E-state index in [-0.39, 0.29) is 49.3 Å². The number of unbranched alkanes of at least 4 members (excludes halogenated alkanes) is 32. The van der Waals surface area contributed by atoms with E-state index in [1.807, 2.05) is 0 Å². The van der Waals surface area contributed by atoms with Crippen LogP contribution < -0.4 is 21.3 Å². The molecule has 0 fully saturated rings. The van der Waals surface area contributed by atoms with Crippen molar-refractivity contribution >= 4 is 29.6 Å². The van der Waals surface area contributed by atoms with Crippen molar-refractivity contribution in [3.63, 3.8) is 0 Å². The number of carboxylic acids is 1. The van der Waals surface area contributed by atoms with Crippen LogP contribution in [0.3, 0.4) is 0 Å². The molecule has 0 saturated heterocycles. The highest BCUT2D eigenvalue weighted by Crippen LogP contribution is 2.27. The minimum Gasteiger partial charge on any atom is -0.481 e. The van der Waals surface area contributed by atoms with Gasteiger partial charge in [-0.3, -0.25) is 24.0 Å². The lowest BCUT2D eigenvalue weighted by Crippen LogP contribution is -2.50. The number of aliphatic carboxylic acids is 1. The lowest BCUT2D eigenvalue weighted by molar-refractivity contribution is -0.137. The summed E-state index contributed by atoms with van der Waals surface area (Å²) in [5.41, 5.74) is -0.870. The molecule has 0 spiro atoms. The molecule has 0 atom stereocenters. The molecular weight excluding hydrogens is 825 g/mol. The standard InChI is InChI=1S/C56H108N4O6/c1-4-7-10-13-16-19-22-27-32-37-48-57-51(61)42-45-56(60-54(64)40-35-30-25-26-31-36-41-55(65)66,46-43-52(62)58-49-38-33-28-23-20-17-14-11-8-5-2)47-44-53(63)59-50-39-34-29-24-21-18-15-12-9-6-3/h4-50H2,1-3H3,(H,57,61)(H,58,62)(H,59,63)(H,60,64)(H,65,66). The van der Waals surface area contributed by atoms with E-state index in [0.717, 1.165) is 64.2 Å². The number of carboxylic acid groups (broad SMARTS) is 1. The molecule has 0 bridgehead atoms. The maximum Gasteiger partial charge on any atom is 0.303 e. The van der Waals surface area contributed by atoms with Gasteiger partial charge in [-0.05, 0) is 51.4 Å². The Morgan fingerprint density at radius 3 is 0.818 bits per heavy atom. The van der Waals surface area contributed by atoms with Gasteiger partial charge in [-0.25, -0.2) is 0 Å². The Hall–Kier alpha value is -2.65. The van der Waals surface area contributed by atoms with E-state index in [4.69, 9.17) is 5.11 Å². The van der Waals surface area contributed by atoms with Gasteiger partial charge in [-0.2, -0.15) is 0 Å². The Kier molecular flexibility index (Phi) is 46.8. The van der Waals surface area contributed by atoms with E-state index < -0.39 is 11.5 Å². The number of rotatable bonds is 52. The summed E-state index contributed by atoms with van der Waals surface area (Å²) < 4.78 is 0. The molecule has 5 N–H and O–H groups in total. The van der Waals surface area contributed by atoms with Crippen LogP contribution in [0.1, 0.15) is 303 Å². The van der Waals surface area contributed by atoms with Gasteiger partial charge in [-0.15, -0.1) is 0 Å². The number of amides is 4. The first-order valence-electron chi connectivity index (χ1n) is 28.5. The number of carbonyl (C=O) groups is 5. The van der Waals surface area contributed by atoms with Crippen molar-refractivity contribution in [3.8, 4) is 0 Å². The van der Waals surface area contributed by atoms with Crippen LogP contribution in [0.4, 0.5) is 0 Å². The van der Waals surface area contributed by atoms with Gasteiger partial charge in [0.2, 0.25) is 23.6 Å². The molecule has 0 aliphatic rings. The predicted octanol–water partition coefficient (Wildman–Crippen LogP) is 14.5. The summed E-state index contributed by atoms with van der Waals surface area (Å²) in [5, 5.41) is 21.6. The van der Waals surface area contributed by atoms with Gasteiger partial charge >= 0.3 is 5.97 Å². The molecule has 0 heterocycles. The SMILES string of the molecule is CCCCCCCCCCCCNC(=O)CCC(CCC(=O)NCCCCCCCCCCCC)(CCC(=O)NCCCCCCCCCCCC)NC(=O)CCCCCCCCC(=O)O. The van der Waals surface area contributed by atoms with Crippen molar-refractivity contribution in [3.05, 3.63) is 0 Å². The van der Waals surface area contributed by atoms with Crippen LogP contribution in [0.5, 0.6) is 0 Å². The lowest BCUT2D eigenvalue weighted by atomic mass is 9.82. The van der Waals surface area contributed by atoms with E-state index in [0.29, 0.717) is 58.2 Å². The van der Waals surface area contributed by atoms with Crippen molar-refractivity contribution in [2.45, 2.75) is 309 Å². The molecular formula is C56H108N4O6. The monoisotopic (exact) mass is 933 g/mol. The quantitative estimate of drug-likeness (QED) is 0.0383. The number of hydrogen-bond acceptors (Lipinski definition) is 5. The average Bonchev–Trinajstić information content (AvgIpc) is 3.30. The normalized spacial score (nSPS) is 11.4. The summed E-state index contributed by atoms with van der Waals surface area (Å²) in [7, 11) is 0. The fourth-order valence-corrected chi connectivity index (χ4v) is 9.03. The maximum absolute atomic E-state index is 13.7. The molecule has 388 valence electrons. The number of hydrogen-bond donors (Lipinski definition) is 5. The summed E-state index contributed by atoms with van der Waals surface area (Å²) in [6.07, 6.45) is 44.3. The Bertz CT molecular complexity index is 1050. The summed E-state index contributed by atoms with van der Waals surface area (Å²) in [5.74, 6) is -1.03. The average molecular weight is 934 g/mol. The summed E-state index contributed by atoms with van der Waals surface area (Å²) in [6, 6.07) is 0. The van der Waals surface area contributed by atoms with Crippen molar-refractivity contribution < 1.29 is 29.1 Å². The first-order valence-corrected chi connectivity index (χ1v) is 28.5. The maximum atomic E-state index is 13.7. The molecule has 0 radical (unpaired) electrons. The van der Waals surface area contributed by atoms with Crippen LogP contribution in [-0.2, 0) is 24.0 Å². The molecule has 0 aliphatic heterocycles. The molecule has 10 heteroatoms. The van der Waals surface area contributed by atoms with E-state index in [9.17, 15) is 24.0 Å². The van der Waals surface area contributed by atoms with Crippen LogP contribution in [0.15, 0.2) is 0 Å². The van der Waals surface area contributed by atoms with Crippen LogP contribution in [0, 0.1) is 0 Å². The van der Waals surface area contributed by atoms with Gasteiger partial charge in [0.15, 0.2) is 0 Å². The molecule has 0 aliphatic carbocycles. The zero-order valence-electron chi connectivity index (χ0n) is 43.7.